The van der Waals surface area contributed by atoms with Crippen LogP contribution in [0.5, 0.6) is 0 Å². The van der Waals surface area contributed by atoms with Gasteiger partial charge in [0.2, 0.25) is 0 Å². The van der Waals surface area contributed by atoms with Gasteiger partial charge in [-0.1, -0.05) is 19.3 Å². The summed E-state index contributed by atoms with van der Waals surface area (Å²) in [5.74, 6) is 2.14. The molecule has 1 unspecified atom stereocenters. The van der Waals surface area contributed by atoms with Crippen molar-refractivity contribution >= 4 is 23.8 Å². The van der Waals surface area contributed by atoms with Crippen molar-refractivity contribution in [2.45, 2.75) is 44.9 Å². The van der Waals surface area contributed by atoms with Gasteiger partial charge < -0.3 is 15.7 Å². The van der Waals surface area contributed by atoms with Gasteiger partial charge in [-0.15, -0.1) is 0 Å². The molecule has 2 amide bonds. The molecule has 5 nitrogen and oxygen atoms in total. The Hall–Kier alpha value is -0.910. The molecule has 0 spiro atoms. The average Bonchev–Trinajstić information content (AvgIpc) is 2.96. The molecule has 2 aliphatic rings. The minimum Gasteiger partial charge on any atom is -0.481 e. The van der Waals surface area contributed by atoms with Crippen molar-refractivity contribution in [2.24, 2.45) is 11.3 Å². The summed E-state index contributed by atoms with van der Waals surface area (Å²) in [4.78, 5) is 23.0. The van der Waals surface area contributed by atoms with Crippen LogP contribution in [0.1, 0.15) is 44.9 Å². The normalized spacial score (nSPS) is 24.5. The Morgan fingerprint density at radius 1 is 1.19 bits per heavy atom. The molecule has 1 aliphatic carbocycles. The highest BCUT2D eigenvalue weighted by molar-refractivity contribution is 7.99. The number of carbonyl (C=O) groups is 2. The molecule has 21 heavy (non-hydrogen) atoms. The number of hydrogen-bond donors (Lipinski definition) is 3. The van der Waals surface area contributed by atoms with Crippen LogP contribution >= 0.6 is 11.8 Å². The lowest BCUT2D eigenvalue weighted by Gasteiger charge is -2.36. The van der Waals surface area contributed by atoms with Crippen LogP contribution in [0.3, 0.4) is 0 Å². The van der Waals surface area contributed by atoms with Crippen LogP contribution in [-0.2, 0) is 4.79 Å². The maximum absolute atomic E-state index is 11.9. The fourth-order valence-corrected chi connectivity index (χ4v) is 4.63. The number of thioether (sulfide) groups is 1. The summed E-state index contributed by atoms with van der Waals surface area (Å²) in [5, 5.41) is 14.9. The van der Waals surface area contributed by atoms with Crippen molar-refractivity contribution < 1.29 is 14.7 Å². The quantitative estimate of drug-likeness (QED) is 0.704. The van der Waals surface area contributed by atoms with E-state index in [2.05, 4.69) is 10.6 Å². The highest BCUT2D eigenvalue weighted by atomic mass is 32.2. The SMILES string of the molecule is O=C(O)CC1(CNC(=O)NCC2CCSC2)CCCCC1. The predicted molar refractivity (Wildman–Crippen MR) is 84.6 cm³/mol. The van der Waals surface area contributed by atoms with E-state index in [1.54, 1.807) is 0 Å². The van der Waals surface area contributed by atoms with E-state index in [1.165, 1.54) is 18.6 Å². The molecule has 1 saturated heterocycles. The van der Waals surface area contributed by atoms with E-state index in [0.717, 1.165) is 38.0 Å². The van der Waals surface area contributed by atoms with Gasteiger partial charge in [-0.2, -0.15) is 11.8 Å². The van der Waals surface area contributed by atoms with Gasteiger partial charge in [-0.25, -0.2) is 4.79 Å². The Kier molecular flexibility index (Phi) is 6.21. The molecule has 1 heterocycles. The largest absolute Gasteiger partial charge is 0.481 e. The fraction of sp³-hybridized carbons (Fsp3) is 0.867. The van der Waals surface area contributed by atoms with Crippen LogP contribution in [0, 0.1) is 11.3 Å². The van der Waals surface area contributed by atoms with Crippen LogP contribution < -0.4 is 10.6 Å². The van der Waals surface area contributed by atoms with Crippen molar-refractivity contribution in [3.8, 4) is 0 Å². The number of carboxylic acids is 1. The van der Waals surface area contributed by atoms with E-state index in [-0.39, 0.29) is 17.9 Å². The monoisotopic (exact) mass is 314 g/mol. The second-order valence-corrected chi connectivity index (χ2v) is 7.57. The third kappa shape index (κ3) is 5.41. The Morgan fingerprint density at radius 2 is 1.95 bits per heavy atom. The second-order valence-electron chi connectivity index (χ2n) is 6.42. The van der Waals surface area contributed by atoms with Gasteiger partial charge in [-0.05, 0) is 42.1 Å². The molecule has 1 atom stereocenters. The molecule has 6 heteroatoms. The first-order valence-electron chi connectivity index (χ1n) is 7.91. The van der Waals surface area contributed by atoms with Gasteiger partial charge in [0.25, 0.3) is 0 Å². The lowest BCUT2D eigenvalue weighted by atomic mass is 9.72. The van der Waals surface area contributed by atoms with E-state index in [9.17, 15) is 9.59 Å². The molecule has 2 fully saturated rings. The van der Waals surface area contributed by atoms with Crippen LogP contribution in [-0.4, -0.2) is 41.7 Å². The molecule has 0 aromatic carbocycles. The first kappa shape index (κ1) is 16.5. The lowest BCUT2D eigenvalue weighted by Crippen LogP contribution is -2.45. The number of carboxylic acid groups (broad SMARTS) is 1. The van der Waals surface area contributed by atoms with Gasteiger partial charge in [0.15, 0.2) is 0 Å². The molecule has 0 aromatic rings. The van der Waals surface area contributed by atoms with E-state index in [0.29, 0.717) is 12.5 Å². The molecular formula is C15H26N2O3S. The summed E-state index contributed by atoms with van der Waals surface area (Å²) in [6, 6.07) is -0.151. The van der Waals surface area contributed by atoms with E-state index >= 15 is 0 Å². The van der Waals surface area contributed by atoms with Gasteiger partial charge in [0.1, 0.15) is 0 Å². The molecule has 3 N–H and O–H groups in total. The molecule has 0 aromatic heterocycles. The van der Waals surface area contributed by atoms with Crippen molar-refractivity contribution in [3.05, 3.63) is 0 Å². The Labute approximate surface area is 130 Å². The molecule has 0 radical (unpaired) electrons. The number of hydrogen-bond acceptors (Lipinski definition) is 3. The van der Waals surface area contributed by atoms with Gasteiger partial charge in [-0.3, -0.25) is 4.79 Å². The summed E-state index contributed by atoms with van der Waals surface area (Å²) in [6.07, 6.45) is 6.44. The van der Waals surface area contributed by atoms with Crippen LogP contribution in [0.2, 0.25) is 0 Å². The van der Waals surface area contributed by atoms with Crippen LogP contribution in [0.25, 0.3) is 0 Å². The second kappa shape index (κ2) is 7.92. The van der Waals surface area contributed by atoms with Gasteiger partial charge >= 0.3 is 12.0 Å². The number of urea groups is 1. The van der Waals surface area contributed by atoms with E-state index in [1.807, 2.05) is 11.8 Å². The summed E-state index contributed by atoms with van der Waals surface area (Å²) in [7, 11) is 0. The lowest BCUT2D eigenvalue weighted by molar-refractivity contribution is -0.140. The Balaban J connectivity index is 1.74. The Bertz CT molecular complexity index is 364. The molecule has 1 saturated carbocycles. The summed E-state index contributed by atoms with van der Waals surface area (Å²) in [6.45, 7) is 1.20. The van der Waals surface area contributed by atoms with Crippen LogP contribution in [0.4, 0.5) is 4.79 Å². The highest BCUT2D eigenvalue weighted by Gasteiger charge is 2.34. The van der Waals surface area contributed by atoms with Crippen LogP contribution in [0.15, 0.2) is 0 Å². The van der Waals surface area contributed by atoms with Crippen molar-refractivity contribution in [1.29, 1.82) is 0 Å². The zero-order chi connectivity index (χ0) is 15.1. The summed E-state index contributed by atoms with van der Waals surface area (Å²) in [5.41, 5.74) is -0.245. The number of amides is 2. The minimum atomic E-state index is -0.762. The van der Waals surface area contributed by atoms with E-state index in [4.69, 9.17) is 5.11 Å². The third-order valence-electron chi connectivity index (χ3n) is 4.64. The molecule has 120 valence electrons. The molecular weight excluding hydrogens is 288 g/mol. The van der Waals surface area contributed by atoms with Crippen molar-refractivity contribution in [2.75, 3.05) is 24.6 Å². The fourth-order valence-electron chi connectivity index (χ4n) is 3.35. The number of aliphatic carboxylic acids is 1. The zero-order valence-corrected chi connectivity index (χ0v) is 13.3. The first-order chi connectivity index (χ1) is 10.1. The molecule has 2 rings (SSSR count). The Morgan fingerprint density at radius 3 is 2.57 bits per heavy atom. The summed E-state index contributed by atoms with van der Waals surface area (Å²) < 4.78 is 0. The molecule has 0 bridgehead atoms. The number of rotatable bonds is 6. The number of carbonyl (C=O) groups excluding carboxylic acids is 1. The zero-order valence-electron chi connectivity index (χ0n) is 12.5. The minimum absolute atomic E-state index is 0.151. The first-order valence-corrected chi connectivity index (χ1v) is 9.06. The predicted octanol–water partition coefficient (Wildman–Crippen LogP) is 2.46. The van der Waals surface area contributed by atoms with E-state index < -0.39 is 5.97 Å². The molecule has 1 aliphatic heterocycles. The maximum Gasteiger partial charge on any atom is 0.314 e. The standard InChI is InChI=1S/C15H26N2O3S/c18-13(19)8-15(5-2-1-3-6-15)11-17-14(20)16-9-12-4-7-21-10-12/h12H,1-11H2,(H,18,19)(H2,16,17,20). The third-order valence-corrected chi connectivity index (χ3v) is 5.87. The highest BCUT2D eigenvalue weighted by Crippen LogP contribution is 2.38. The van der Waals surface area contributed by atoms with Crippen molar-refractivity contribution in [1.82, 2.24) is 10.6 Å². The summed E-state index contributed by atoms with van der Waals surface area (Å²) >= 11 is 1.94. The maximum atomic E-state index is 11.9. The number of nitrogens with one attached hydrogen (secondary N) is 2. The van der Waals surface area contributed by atoms with Gasteiger partial charge in [0, 0.05) is 13.1 Å². The topological polar surface area (TPSA) is 78.4 Å². The van der Waals surface area contributed by atoms with Gasteiger partial charge in [0.05, 0.1) is 6.42 Å². The average molecular weight is 314 g/mol. The van der Waals surface area contributed by atoms with Crippen molar-refractivity contribution in [3.63, 3.8) is 0 Å². The smallest absolute Gasteiger partial charge is 0.314 e.